The van der Waals surface area contributed by atoms with E-state index in [1.807, 2.05) is 0 Å². The summed E-state index contributed by atoms with van der Waals surface area (Å²) in [6.07, 6.45) is 1.40. The number of sulfonamides is 1. The van der Waals surface area contributed by atoms with Crippen molar-refractivity contribution in [1.29, 1.82) is 0 Å². The van der Waals surface area contributed by atoms with Gasteiger partial charge < -0.3 is 10.5 Å². The Morgan fingerprint density at radius 2 is 2.19 bits per heavy atom. The summed E-state index contributed by atoms with van der Waals surface area (Å²) >= 11 is 2.67. The number of tetrazole rings is 1. The molecule has 31 heavy (non-hydrogen) atoms. The van der Waals surface area contributed by atoms with Gasteiger partial charge in [0.05, 0.1) is 6.26 Å². The van der Waals surface area contributed by atoms with Gasteiger partial charge in [0.15, 0.2) is 0 Å². The van der Waals surface area contributed by atoms with Crippen LogP contribution < -0.4 is 10.5 Å². The molecule has 2 aliphatic rings. The van der Waals surface area contributed by atoms with Gasteiger partial charge >= 0.3 is 5.97 Å². The molecule has 12 nitrogen and oxygen atoms in total. The molecule has 0 bridgehead atoms. The minimum Gasteiger partial charge on any atom is -0.455 e. The first-order valence-electron chi connectivity index (χ1n) is 9.39. The van der Waals surface area contributed by atoms with Gasteiger partial charge in [0, 0.05) is 17.5 Å². The minimum atomic E-state index is -3.39. The molecule has 172 valence electrons. The average molecular weight is 492 g/mol. The number of aromatic amines is 1. The number of nitrogens with two attached hydrogens (primary N) is 1. The van der Waals surface area contributed by atoms with E-state index < -0.39 is 32.9 Å². The molecule has 1 aromatic heterocycles. The Morgan fingerprint density at radius 1 is 1.48 bits per heavy atom. The Hall–Kier alpha value is -1.68. The minimum absolute atomic E-state index is 0.126. The van der Waals surface area contributed by atoms with E-state index in [0.717, 1.165) is 6.26 Å². The largest absolute Gasteiger partial charge is 0.455 e. The number of hydrogen-bond acceptors (Lipinski definition) is 11. The maximum absolute atomic E-state index is 13.1. The lowest BCUT2D eigenvalue weighted by molar-refractivity contribution is -0.158. The van der Waals surface area contributed by atoms with E-state index in [1.165, 1.54) is 28.4 Å². The zero-order chi connectivity index (χ0) is 23.0. The van der Waals surface area contributed by atoms with Gasteiger partial charge in [-0.2, -0.15) is 5.21 Å². The zero-order valence-electron chi connectivity index (χ0n) is 17.5. The molecule has 0 radical (unpaired) electrons. The van der Waals surface area contributed by atoms with E-state index in [4.69, 9.17) is 10.5 Å². The lowest BCUT2D eigenvalue weighted by atomic mass is 10.0. The van der Waals surface area contributed by atoms with Crippen molar-refractivity contribution in [3.63, 3.8) is 0 Å². The van der Waals surface area contributed by atoms with Crippen LogP contribution in [0.1, 0.15) is 27.2 Å². The highest BCUT2D eigenvalue weighted by molar-refractivity contribution is 8.01. The van der Waals surface area contributed by atoms with E-state index in [0.29, 0.717) is 22.9 Å². The summed E-state index contributed by atoms with van der Waals surface area (Å²) in [6.45, 7) is 5.35. The third-order valence-corrected chi connectivity index (χ3v) is 7.60. The third kappa shape index (κ3) is 5.77. The van der Waals surface area contributed by atoms with Gasteiger partial charge in [-0.05, 0) is 38.0 Å². The second kappa shape index (κ2) is 9.05. The van der Waals surface area contributed by atoms with Crippen molar-refractivity contribution >= 4 is 45.4 Å². The highest BCUT2D eigenvalue weighted by Crippen LogP contribution is 2.44. The molecule has 1 saturated heterocycles. The molecule has 1 fully saturated rings. The number of aromatic nitrogens is 4. The summed E-state index contributed by atoms with van der Waals surface area (Å²) in [4.78, 5) is 27.0. The van der Waals surface area contributed by atoms with Crippen LogP contribution in [0.15, 0.2) is 16.4 Å². The van der Waals surface area contributed by atoms with Gasteiger partial charge in [0.1, 0.15) is 22.7 Å². The van der Waals surface area contributed by atoms with Crippen LogP contribution >= 0.6 is 23.5 Å². The first-order valence-corrected chi connectivity index (χ1v) is 13.2. The molecule has 3 atom stereocenters. The molecule has 0 aromatic carbocycles. The number of rotatable bonds is 8. The van der Waals surface area contributed by atoms with Crippen LogP contribution in [-0.2, 0) is 24.3 Å². The molecule has 3 heterocycles. The SMILES string of the molecule is CC(C)(C)OC(=O)C1=C(C(CCNS(C)(=O)=O)Sc2nn[nH]n2)CS[C@@H]2[C@H](N)C(=O)N12. The first-order chi connectivity index (χ1) is 14.4. The number of carbonyl (C=O) groups excluding carboxylic acids is 2. The van der Waals surface area contributed by atoms with Crippen LogP contribution in [0.2, 0.25) is 0 Å². The molecule has 4 N–H and O–H groups in total. The van der Waals surface area contributed by atoms with Gasteiger partial charge in [-0.3, -0.25) is 9.69 Å². The molecule has 1 aromatic rings. The van der Waals surface area contributed by atoms with Gasteiger partial charge in [0.2, 0.25) is 21.1 Å². The lowest BCUT2D eigenvalue weighted by Crippen LogP contribution is -2.68. The van der Waals surface area contributed by atoms with E-state index in [2.05, 4.69) is 25.3 Å². The summed E-state index contributed by atoms with van der Waals surface area (Å²) in [7, 11) is -3.39. The lowest BCUT2D eigenvalue weighted by Gasteiger charge is -2.49. The van der Waals surface area contributed by atoms with E-state index in [9.17, 15) is 18.0 Å². The molecule has 0 saturated carbocycles. The second-order valence-electron chi connectivity index (χ2n) is 8.07. The Labute approximate surface area is 188 Å². The van der Waals surface area contributed by atoms with Crippen molar-refractivity contribution in [3.05, 3.63) is 11.3 Å². The number of hydrogen-bond donors (Lipinski definition) is 3. The van der Waals surface area contributed by atoms with Crippen molar-refractivity contribution in [3.8, 4) is 0 Å². The Kier molecular flexibility index (Phi) is 7.00. The van der Waals surface area contributed by atoms with Crippen LogP contribution in [0, 0.1) is 0 Å². The molecule has 1 amide bonds. The number of ether oxygens (including phenoxy) is 1. The van der Waals surface area contributed by atoms with Crippen molar-refractivity contribution < 1.29 is 22.7 Å². The molecule has 0 aliphatic carbocycles. The van der Waals surface area contributed by atoms with Crippen LogP contribution in [0.25, 0.3) is 0 Å². The molecule has 2 aliphatic heterocycles. The fraction of sp³-hybridized carbons (Fsp3) is 0.688. The topological polar surface area (TPSA) is 173 Å². The zero-order valence-corrected chi connectivity index (χ0v) is 19.9. The van der Waals surface area contributed by atoms with Crippen molar-refractivity contribution in [2.24, 2.45) is 5.73 Å². The standard InChI is InChI=1S/C16H25N7O5S3/c1-16(2,3)28-14(25)11-8(7-29-13-10(17)12(24)23(11)13)9(5-6-18-31(4,26)27)30-15-19-21-22-20-15/h9-10,13,18H,5-7,17H2,1-4H3,(H,19,20,21,22)/t9?,10-,13-/m1/s1. The normalized spacial score (nSPS) is 22.7. The highest BCUT2D eigenvalue weighted by Gasteiger charge is 2.53. The van der Waals surface area contributed by atoms with Crippen LogP contribution in [0.3, 0.4) is 0 Å². The number of amides is 1. The quantitative estimate of drug-likeness (QED) is 0.241. The number of thioether (sulfide) groups is 2. The maximum Gasteiger partial charge on any atom is 0.355 e. The van der Waals surface area contributed by atoms with Crippen molar-refractivity contribution in [2.45, 2.75) is 54.6 Å². The summed E-state index contributed by atoms with van der Waals surface area (Å²) in [5.41, 5.74) is 5.96. The maximum atomic E-state index is 13.1. The van der Waals surface area contributed by atoms with E-state index in [1.54, 1.807) is 20.8 Å². The van der Waals surface area contributed by atoms with Crippen molar-refractivity contribution in [1.82, 2.24) is 30.2 Å². The number of nitrogens with one attached hydrogen (secondary N) is 2. The molecule has 0 spiro atoms. The third-order valence-electron chi connectivity index (χ3n) is 4.36. The van der Waals surface area contributed by atoms with Crippen LogP contribution in [0.4, 0.5) is 0 Å². The number of H-pyrrole nitrogens is 1. The number of fused-ring (bicyclic) bond motifs is 1. The van der Waals surface area contributed by atoms with Crippen LogP contribution in [-0.4, -0.2) is 86.6 Å². The average Bonchev–Trinajstić information content (AvgIpc) is 3.16. The molecule has 15 heteroatoms. The predicted molar refractivity (Wildman–Crippen MR) is 115 cm³/mol. The number of esters is 1. The summed E-state index contributed by atoms with van der Waals surface area (Å²) < 4.78 is 31.0. The fourth-order valence-corrected chi connectivity index (χ4v) is 6.08. The monoisotopic (exact) mass is 491 g/mol. The Bertz CT molecular complexity index is 974. The van der Waals surface area contributed by atoms with Gasteiger partial charge in [-0.25, -0.2) is 17.9 Å². The summed E-state index contributed by atoms with van der Waals surface area (Å²) in [5.74, 6) is -0.554. The van der Waals surface area contributed by atoms with Gasteiger partial charge in [-0.1, -0.05) is 11.8 Å². The number of nitrogens with zero attached hydrogens (tertiary/aromatic N) is 4. The van der Waals surface area contributed by atoms with Gasteiger partial charge in [-0.15, -0.1) is 22.0 Å². The van der Waals surface area contributed by atoms with Gasteiger partial charge in [0.25, 0.3) is 0 Å². The van der Waals surface area contributed by atoms with E-state index >= 15 is 0 Å². The van der Waals surface area contributed by atoms with Crippen LogP contribution in [0.5, 0.6) is 0 Å². The predicted octanol–water partition coefficient (Wildman–Crippen LogP) is -0.562. The summed E-state index contributed by atoms with van der Waals surface area (Å²) in [6, 6.07) is -0.681. The van der Waals surface area contributed by atoms with Crippen molar-refractivity contribution in [2.75, 3.05) is 18.6 Å². The highest BCUT2D eigenvalue weighted by atomic mass is 32.2. The second-order valence-corrected chi connectivity index (χ2v) is 12.2. The Morgan fingerprint density at radius 3 is 2.77 bits per heavy atom. The first kappa shape index (κ1) is 24.0. The fourth-order valence-electron chi connectivity index (χ4n) is 3.11. The molecular weight excluding hydrogens is 466 g/mol. The number of β-lactam (4-membered cyclic amide) rings is 1. The van der Waals surface area contributed by atoms with E-state index in [-0.39, 0.29) is 23.5 Å². The number of carbonyl (C=O) groups is 2. The Balaban J connectivity index is 1.98. The molecule has 3 rings (SSSR count). The molecule has 1 unspecified atom stereocenters. The summed E-state index contributed by atoms with van der Waals surface area (Å²) in [5, 5.41) is 13.4. The molecular formula is C16H25N7O5S3. The smallest absolute Gasteiger partial charge is 0.355 e.